The van der Waals surface area contributed by atoms with Gasteiger partial charge >= 0.3 is 5.97 Å². The zero-order chi connectivity index (χ0) is 18.7. The van der Waals surface area contributed by atoms with Crippen LogP contribution < -0.4 is 20.7 Å². The van der Waals surface area contributed by atoms with E-state index < -0.39 is 11.6 Å². The summed E-state index contributed by atoms with van der Waals surface area (Å²) in [4.78, 5) is 26.4. The number of hydrogen-bond donors (Lipinski definition) is 3. The van der Waals surface area contributed by atoms with Crippen LogP contribution in [0.2, 0.25) is 0 Å². The Kier molecular flexibility index (Phi) is 4.79. The fourth-order valence-corrected chi connectivity index (χ4v) is 2.99. The number of nitrogens with two attached hydrogens (primary N) is 1. The van der Waals surface area contributed by atoms with Gasteiger partial charge in [0.2, 0.25) is 11.5 Å². The molecule has 0 unspecified atom stereocenters. The third kappa shape index (κ3) is 3.46. The van der Waals surface area contributed by atoms with E-state index in [2.05, 4.69) is 20.3 Å². The molecule has 1 saturated heterocycles. The van der Waals surface area contributed by atoms with Crippen molar-refractivity contribution in [3.05, 3.63) is 30.1 Å². The summed E-state index contributed by atoms with van der Waals surface area (Å²) < 4.78 is 5.93. The van der Waals surface area contributed by atoms with Gasteiger partial charge in [-0.05, 0) is 19.1 Å². The first-order chi connectivity index (χ1) is 12.4. The van der Waals surface area contributed by atoms with E-state index in [1.54, 1.807) is 38.4 Å². The zero-order valence-electron chi connectivity index (χ0n) is 14.8. The summed E-state index contributed by atoms with van der Waals surface area (Å²) in [6.07, 6.45) is 2.28. The van der Waals surface area contributed by atoms with E-state index >= 15 is 0 Å². The van der Waals surface area contributed by atoms with Crippen LogP contribution >= 0.6 is 0 Å². The average Bonchev–Trinajstić information content (AvgIpc) is 2.63. The summed E-state index contributed by atoms with van der Waals surface area (Å²) >= 11 is 0. The SMILES string of the molecule is CNc1cc(N2CCC(Oc3cccnc3C)(C(=O)O)CC2)nc(N)n1. The Hall–Kier alpha value is -3.10. The molecule has 3 rings (SSSR count). The highest BCUT2D eigenvalue weighted by molar-refractivity contribution is 5.78. The Balaban J connectivity index is 1.79. The van der Waals surface area contributed by atoms with E-state index in [-0.39, 0.29) is 5.95 Å². The zero-order valence-corrected chi connectivity index (χ0v) is 14.8. The van der Waals surface area contributed by atoms with Crippen molar-refractivity contribution in [3.63, 3.8) is 0 Å². The van der Waals surface area contributed by atoms with Crippen LogP contribution in [0.25, 0.3) is 0 Å². The van der Waals surface area contributed by atoms with Crippen LogP contribution in [0.15, 0.2) is 24.4 Å². The number of aryl methyl sites for hydroxylation is 1. The van der Waals surface area contributed by atoms with Gasteiger partial charge < -0.3 is 25.8 Å². The maximum Gasteiger partial charge on any atom is 0.348 e. The molecule has 1 aliphatic rings. The summed E-state index contributed by atoms with van der Waals surface area (Å²) in [5.41, 5.74) is 5.13. The van der Waals surface area contributed by atoms with Gasteiger partial charge in [-0.25, -0.2) is 4.79 Å². The molecule has 1 fully saturated rings. The number of rotatable bonds is 5. The highest BCUT2D eigenvalue weighted by atomic mass is 16.5. The van der Waals surface area contributed by atoms with Crippen molar-refractivity contribution in [3.8, 4) is 5.75 Å². The average molecular weight is 358 g/mol. The molecule has 2 aromatic rings. The molecule has 3 heterocycles. The van der Waals surface area contributed by atoms with E-state index in [9.17, 15) is 9.90 Å². The number of nitrogens with one attached hydrogen (secondary N) is 1. The summed E-state index contributed by atoms with van der Waals surface area (Å²) in [5, 5.41) is 12.7. The Bertz CT molecular complexity index is 805. The van der Waals surface area contributed by atoms with Crippen LogP contribution in [0.3, 0.4) is 0 Å². The molecule has 0 atom stereocenters. The number of ether oxygens (including phenoxy) is 1. The number of piperidine rings is 1. The Morgan fingerprint density at radius 3 is 2.73 bits per heavy atom. The molecule has 0 spiro atoms. The number of pyridine rings is 1. The molecule has 0 radical (unpaired) electrons. The number of hydrogen-bond acceptors (Lipinski definition) is 8. The fourth-order valence-electron chi connectivity index (χ4n) is 2.99. The predicted octanol–water partition coefficient (Wildman–Crippen LogP) is 1.31. The molecule has 0 saturated carbocycles. The molecule has 4 N–H and O–H groups in total. The molecule has 0 aromatic carbocycles. The van der Waals surface area contributed by atoms with E-state index in [1.165, 1.54) is 0 Å². The predicted molar refractivity (Wildman–Crippen MR) is 97.4 cm³/mol. The third-order valence-corrected chi connectivity index (χ3v) is 4.53. The van der Waals surface area contributed by atoms with E-state index in [0.717, 1.165) is 0 Å². The van der Waals surface area contributed by atoms with Gasteiger partial charge in [0.05, 0.1) is 5.69 Å². The number of nitrogens with zero attached hydrogens (tertiary/aromatic N) is 4. The first kappa shape index (κ1) is 17.7. The summed E-state index contributed by atoms with van der Waals surface area (Å²) in [7, 11) is 1.75. The van der Waals surface area contributed by atoms with Crippen LogP contribution in [0.4, 0.5) is 17.6 Å². The number of carboxylic acid groups (broad SMARTS) is 1. The highest BCUT2D eigenvalue weighted by Gasteiger charge is 2.44. The lowest BCUT2D eigenvalue weighted by atomic mass is 9.91. The lowest BCUT2D eigenvalue weighted by Crippen LogP contribution is -2.53. The van der Waals surface area contributed by atoms with Crippen molar-refractivity contribution >= 4 is 23.6 Å². The van der Waals surface area contributed by atoms with Gasteiger partial charge in [0.1, 0.15) is 17.4 Å². The van der Waals surface area contributed by atoms with Gasteiger partial charge in [0.25, 0.3) is 0 Å². The van der Waals surface area contributed by atoms with Crippen molar-refractivity contribution in [1.29, 1.82) is 0 Å². The number of aromatic nitrogens is 3. The van der Waals surface area contributed by atoms with Crippen LogP contribution in [0, 0.1) is 6.92 Å². The Morgan fingerprint density at radius 2 is 2.12 bits per heavy atom. The molecule has 2 aromatic heterocycles. The maximum atomic E-state index is 12.0. The smallest absolute Gasteiger partial charge is 0.348 e. The number of nitrogen functional groups attached to an aromatic ring is 1. The fraction of sp³-hybridized carbons (Fsp3) is 0.412. The first-order valence-electron chi connectivity index (χ1n) is 8.35. The normalized spacial score (nSPS) is 16.2. The second-order valence-electron chi connectivity index (χ2n) is 6.20. The van der Waals surface area contributed by atoms with Crippen LogP contribution in [-0.4, -0.2) is 51.8 Å². The Labute approximate surface area is 151 Å². The van der Waals surface area contributed by atoms with Crippen molar-refractivity contribution in [2.45, 2.75) is 25.4 Å². The van der Waals surface area contributed by atoms with Crippen molar-refractivity contribution in [2.75, 3.05) is 36.1 Å². The molecular formula is C17H22N6O3. The standard InChI is InChI=1S/C17H22N6O3/c1-11-12(4-3-7-20-11)26-17(15(24)25)5-8-23(9-6-17)14-10-13(19-2)21-16(18)22-14/h3-4,7,10H,5-6,8-9H2,1-2H3,(H,24,25)(H3,18,19,21,22). The molecular weight excluding hydrogens is 336 g/mol. The summed E-state index contributed by atoms with van der Waals surface area (Å²) in [6.45, 7) is 2.75. The van der Waals surface area contributed by atoms with Gasteiger partial charge in [-0.2, -0.15) is 9.97 Å². The number of carboxylic acids is 1. The second-order valence-corrected chi connectivity index (χ2v) is 6.20. The molecule has 9 nitrogen and oxygen atoms in total. The summed E-state index contributed by atoms with van der Waals surface area (Å²) in [6, 6.07) is 5.26. The van der Waals surface area contributed by atoms with E-state index in [4.69, 9.17) is 10.5 Å². The van der Waals surface area contributed by atoms with Gasteiger partial charge in [0.15, 0.2) is 0 Å². The number of carbonyl (C=O) groups is 1. The molecule has 1 aliphatic heterocycles. The minimum absolute atomic E-state index is 0.171. The monoisotopic (exact) mass is 358 g/mol. The lowest BCUT2D eigenvalue weighted by Gasteiger charge is -2.39. The quantitative estimate of drug-likeness (QED) is 0.725. The van der Waals surface area contributed by atoms with E-state index in [1.807, 2.05) is 4.90 Å². The molecule has 138 valence electrons. The molecule has 0 aliphatic carbocycles. The molecule has 26 heavy (non-hydrogen) atoms. The minimum Gasteiger partial charge on any atom is -0.478 e. The summed E-state index contributed by atoms with van der Waals surface area (Å²) in [5.74, 6) is 0.970. The molecule has 0 bridgehead atoms. The third-order valence-electron chi connectivity index (χ3n) is 4.53. The Morgan fingerprint density at radius 1 is 1.38 bits per heavy atom. The number of anilines is 3. The molecule has 9 heteroatoms. The first-order valence-corrected chi connectivity index (χ1v) is 8.35. The molecule has 0 amide bonds. The van der Waals surface area contributed by atoms with Gasteiger partial charge in [0, 0.05) is 45.2 Å². The maximum absolute atomic E-state index is 12.0. The van der Waals surface area contributed by atoms with Gasteiger partial charge in [-0.3, -0.25) is 4.98 Å². The van der Waals surface area contributed by atoms with Crippen LogP contribution in [0.5, 0.6) is 5.75 Å². The second kappa shape index (κ2) is 7.03. The lowest BCUT2D eigenvalue weighted by molar-refractivity contribution is -0.157. The van der Waals surface area contributed by atoms with Crippen molar-refractivity contribution in [1.82, 2.24) is 15.0 Å². The largest absolute Gasteiger partial charge is 0.478 e. The highest BCUT2D eigenvalue weighted by Crippen LogP contribution is 2.32. The van der Waals surface area contributed by atoms with Crippen molar-refractivity contribution < 1.29 is 14.6 Å². The van der Waals surface area contributed by atoms with Crippen LogP contribution in [-0.2, 0) is 4.79 Å². The number of aliphatic carboxylic acids is 1. The van der Waals surface area contributed by atoms with E-state index in [0.29, 0.717) is 49.0 Å². The van der Waals surface area contributed by atoms with Gasteiger partial charge in [-0.15, -0.1) is 0 Å². The van der Waals surface area contributed by atoms with Crippen molar-refractivity contribution in [2.24, 2.45) is 0 Å². The van der Waals surface area contributed by atoms with Crippen LogP contribution in [0.1, 0.15) is 18.5 Å². The minimum atomic E-state index is -1.28. The van der Waals surface area contributed by atoms with Gasteiger partial charge in [-0.1, -0.05) is 0 Å². The topological polar surface area (TPSA) is 126 Å².